The first-order valence-corrected chi connectivity index (χ1v) is 5.54. The first-order valence-electron chi connectivity index (χ1n) is 5.54. The van der Waals surface area contributed by atoms with E-state index < -0.39 is 5.97 Å². The summed E-state index contributed by atoms with van der Waals surface area (Å²) < 4.78 is 1.84. The van der Waals surface area contributed by atoms with Gasteiger partial charge in [0.25, 0.3) is 0 Å². The first kappa shape index (κ1) is 11.1. The van der Waals surface area contributed by atoms with Crippen LogP contribution in [0.3, 0.4) is 0 Å². The molecule has 88 valence electrons. The van der Waals surface area contributed by atoms with E-state index in [0.717, 1.165) is 30.8 Å². The molecule has 1 saturated heterocycles. The number of likely N-dealkylation sites (tertiary alicyclic amines) is 1. The van der Waals surface area contributed by atoms with Crippen LogP contribution in [-0.2, 0) is 11.8 Å². The summed E-state index contributed by atoms with van der Waals surface area (Å²) >= 11 is 0. The molecule has 5 heteroatoms. The molecule has 1 aromatic rings. The van der Waals surface area contributed by atoms with E-state index in [4.69, 9.17) is 5.11 Å². The zero-order chi connectivity index (χ0) is 11.7. The summed E-state index contributed by atoms with van der Waals surface area (Å²) in [4.78, 5) is 12.7. The highest BCUT2D eigenvalue weighted by Crippen LogP contribution is 2.30. The van der Waals surface area contributed by atoms with Gasteiger partial charge in [-0.05, 0) is 32.4 Å². The van der Waals surface area contributed by atoms with Gasteiger partial charge in [0.2, 0.25) is 0 Å². The van der Waals surface area contributed by atoms with E-state index in [1.165, 1.54) is 0 Å². The molecule has 0 amide bonds. The number of aliphatic carboxylic acids is 1. The van der Waals surface area contributed by atoms with Gasteiger partial charge in [0.1, 0.15) is 0 Å². The van der Waals surface area contributed by atoms with Crippen molar-refractivity contribution in [1.82, 2.24) is 14.7 Å². The molecule has 0 aliphatic carbocycles. The van der Waals surface area contributed by atoms with Crippen LogP contribution >= 0.6 is 0 Å². The van der Waals surface area contributed by atoms with E-state index in [1.807, 2.05) is 29.6 Å². The Hall–Kier alpha value is -1.36. The molecular weight excluding hydrogens is 206 g/mol. The number of rotatable bonds is 3. The maximum absolute atomic E-state index is 10.7. The Morgan fingerprint density at radius 3 is 3.00 bits per heavy atom. The number of carboxylic acids is 1. The van der Waals surface area contributed by atoms with Gasteiger partial charge in [-0.25, -0.2) is 0 Å². The number of hydrogen-bond acceptors (Lipinski definition) is 3. The maximum Gasteiger partial charge on any atom is 0.317 e. The second-order valence-corrected chi connectivity index (χ2v) is 4.36. The number of hydrogen-bond donors (Lipinski definition) is 1. The Morgan fingerprint density at radius 2 is 2.44 bits per heavy atom. The molecule has 1 aliphatic heterocycles. The summed E-state index contributed by atoms with van der Waals surface area (Å²) in [6.07, 6.45) is 2.05. The van der Waals surface area contributed by atoms with Crippen molar-refractivity contribution in [3.8, 4) is 0 Å². The molecule has 2 rings (SSSR count). The minimum atomic E-state index is -0.764. The average Bonchev–Trinajstić information content (AvgIpc) is 2.74. The van der Waals surface area contributed by atoms with Crippen molar-refractivity contribution in [2.24, 2.45) is 7.05 Å². The van der Waals surface area contributed by atoms with Gasteiger partial charge in [-0.2, -0.15) is 5.10 Å². The second-order valence-electron chi connectivity index (χ2n) is 4.36. The SMILES string of the molecule is Cc1cc(C2CCCN2CC(=O)O)nn1C. The fourth-order valence-corrected chi connectivity index (χ4v) is 2.28. The number of nitrogens with zero attached hydrogens (tertiary/aromatic N) is 3. The standard InChI is InChI=1S/C11H17N3O2/c1-8-6-9(12-13(8)2)10-4-3-5-14(10)7-11(15)16/h6,10H,3-5,7H2,1-2H3,(H,15,16). The molecule has 1 aromatic heterocycles. The van der Waals surface area contributed by atoms with Crippen molar-refractivity contribution in [2.75, 3.05) is 13.1 Å². The van der Waals surface area contributed by atoms with Crippen LogP contribution in [0.25, 0.3) is 0 Å². The van der Waals surface area contributed by atoms with Gasteiger partial charge in [-0.3, -0.25) is 14.4 Å². The zero-order valence-corrected chi connectivity index (χ0v) is 9.68. The van der Waals surface area contributed by atoms with E-state index in [0.29, 0.717) is 0 Å². The third-order valence-corrected chi connectivity index (χ3v) is 3.18. The Bertz CT molecular complexity index is 380. The van der Waals surface area contributed by atoms with Crippen LogP contribution in [0.4, 0.5) is 0 Å². The highest BCUT2D eigenvalue weighted by molar-refractivity contribution is 5.69. The van der Waals surface area contributed by atoms with Crippen LogP contribution in [-0.4, -0.2) is 38.8 Å². The fraction of sp³-hybridized carbons (Fsp3) is 0.636. The predicted octanol–water partition coefficient (Wildman–Crippen LogP) is 0.950. The number of aromatic nitrogens is 2. The Balaban J connectivity index is 2.16. The highest BCUT2D eigenvalue weighted by Gasteiger charge is 2.29. The van der Waals surface area contributed by atoms with Crippen LogP contribution in [0, 0.1) is 6.92 Å². The first-order chi connectivity index (χ1) is 7.58. The van der Waals surface area contributed by atoms with Gasteiger partial charge < -0.3 is 5.11 Å². The van der Waals surface area contributed by atoms with E-state index in [9.17, 15) is 4.79 Å². The molecule has 0 bridgehead atoms. The van der Waals surface area contributed by atoms with Crippen molar-refractivity contribution in [1.29, 1.82) is 0 Å². The van der Waals surface area contributed by atoms with Gasteiger partial charge in [0.05, 0.1) is 18.3 Å². The largest absolute Gasteiger partial charge is 0.480 e. The van der Waals surface area contributed by atoms with E-state index >= 15 is 0 Å². The molecule has 1 N–H and O–H groups in total. The van der Waals surface area contributed by atoms with E-state index in [2.05, 4.69) is 5.10 Å². The van der Waals surface area contributed by atoms with Crippen molar-refractivity contribution >= 4 is 5.97 Å². The Kier molecular flexibility index (Phi) is 2.96. The van der Waals surface area contributed by atoms with E-state index in [-0.39, 0.29) is 12.6 Å². The quantitative estimate of drug-likeness (QED) is 0.829. The van der Waals surface area contributed by atoms with Crippen molar-refractivity contribution in [3.05, 3.63) is 17.5 Å². The normalized spacial score (nSPS) is 21.5. The molecule has 0 aromatic carbocycles. The van der Waals surface area contributed by atoms with Crippen molar-refractivity contribution in [3.63, 3.8) is 0 Å². The Labute approximate surface area is 94.7 Å². The molecule has 16 heavy (non-hydrogen) atoms. The molecule has 2 heterocycles. The van der Waals surface area contributed by atoms with Crippen molar-refractivity contribution < 1.29 is 9.90 Å². The second kappa shape index (κ2) is 4.25. The van der Waals surface area contributed by atoms with Gasteiger partial charge in [-0.15, -0.1) is 0 Å². The third kappa shape index (κ3) is 2.09. The molecular formula is C11H17N3O2. The van der Waals surface area contributed by atoms with Gasteiger partial charge in [0, 0.05) is 12.7 Å². The zero-order valence-electron chi connectivity index (χ0n) is 9.68. The highest BCUT2D eigenvalue weighted by atomic mass is 16.4. The summed E-state index contributed by atoms with van der Waals surface area (Å²) in [5, 5.41) is 13.3. The maximum atomic E-state index is 10.7. The lowest BCUT2D eigenvalue weighted by atomic mass is 10.1. The topological polar surface area (TPSA) is 58.4 Å². The molecule has 1 unspecified atom stereocenters. The van der Waals surface area contributed by atoms with Gasteiger partial charge >= 0.3 is 5.97 Å². The summed E-state index contributed by atoms with van der Waals surface area (Å²) in [7, 11) is 1.91. The molecule has 5 nitrogen and oxygen atoms in total. The summed E-state index contributed by atoms with van der Waals surface area (Å²) in [6, 6.07) is 2.22. The fourth-order valence-electron chi connectivity index (χ4n) is 2.28. The summed E-state index contributed by atoms with van der Waals surface area (Å²) in [5.41, 5.74) is 2.11. The molecule has 0 radical (unpaired) electrons. The number of aryl methyl sites for hydroxylation is 2. The minimum Gasteiger partial charge on any atom is -0.480 e. The molecule has 1 fully saturated rings. The summed E-state index contributed by atoms with van der Waals surface area (Å²) in [6.45, 7) is 2.97. The summed E-state index contributed by atoms with van der Waals surface area (Å²) in [5.74, 6) is -0.764. The molecule has 0 saturated carbocycles. The van der Waals surface area contributed by atoms with Crippen LogP contribution in [0.15, 0.2) is 6.07 Å². The third-order valence-electron chi connectivity index (χ3n) is 3.18. The van der Waals surface area contributed by atoms with Crippen LogP contribution in [0.5, 0.6) is 0 Å². The van der Waals surface area contributed by atoms with Crippen LogP contribution < -0.4 is 0 Å². The molecule has 1 atom stereocenters. The lowest BCUT2D eigenvalue weighted by Gasteiger charge is -2.20. The number of carboxylic acid groups (broad SMARTS) is 1. The number of carbonyl (C=O) groups is 1. The molecule has 1 aliphatic rings. The lowest BCUT2D eigenvalue weighted by molar-refractivity contribution is -0.138. The predicted molar refractivity (Wildman–Crippen MR) is 59.1 cm³/mol. The monoisotopic (exact) mass is 223 g/mol. The Morgan fingerprint density at radius 1 is 1.69 bits per heavy atom. The van der Waals surface area contributed by atoms with Crippen LogP contribution in [0.1, 0.15) is 30.3 Å². The smallest absolute Gasteiger partial charge is 0.317 e. The molecule has 0 spiro atoms. The van der Waals surface area contributed by atoms with Gasteiger partial charge in [0.15, 0.2) is 0 Å². The minimum absolute atomic E-state index is 0.111. The van der Waals surface area contributed by atoms with Crippen molar-refractivity contribution in [2.45, 2.75) is 25.8 Å². The van der Waals surface area contributed by atoms with Gasteiger partial charge in [-0.1, -0.05) is 0 Å². The lowest BCUT2D eigenvalue weighted by Crippen LogP contribution is -2.29. The van der Waals surface area contributed by atoms with Crippen LogP contribution in [0.2, 0.25) is 0 Å². The average molecular weight is 223 g/mol. The van der Waals surface area contributed by atoms with E-state index in [1.54, 1.807) is 0 Å².